The van der Waals surface area contributed by atoms with Gasteiger partial charge in [-0.3, -0.25) is 0 Å². The summed E-state index contributed by atoms with van der Waals surface area (Å²) < 4.78 is 25.3. The molecule has 2 rings (SSSR count). The van der Waals surface area contributed by atoms with E-state index in [1.54, 1.807) is 6.20 Å². The average Bonchev–Trinajstić information content (AvgIpc) is 2.82. The second kappa shape index (κ2) is 6.29. The number of β-amino-alcohol motifs (C(OH)–C–C–N with tert-alkyl or cyclic N) is 1. The van der Waals surface area contributed by atoms with E-state index in [2.05, 4.69) is 4.98 Å². The molecule has 21 heavy (non-hydrogen) atoms. The van der Waals surface area contributed by atoms with Crippen LogP contribution in [0.3, 0.4) is 0 Å². The number of hydrogen-bond acceptors (Lipinski definition) is 5. The quantitative estimate of drug-likeness (QED) is 0.836. The minimum absolute atomic E-state index is 0.115. The van der Waals surface area contributed by atoms with Crippen molar-refractivity contribution in [3.05, 3.63) is 24.4 Å². The molecule has 118 valence electrons. The van der Waals surface area contributed by atoms with Crippen LogP contribution >= 0.6 is 0 Å². The van der Waals surface area contributed by atoms with Crippen LogP contribution in [0.4, 0.5) is 5.82 Å². The highest BCUT2D eigenvalue weighted by molar-refractivity contribution is 7.89. The van der Waals surface area contributed by atoms with E-state index >= 15 is 0 Å². The van der Waals surface area contributed by atoms with Crippen LogP contribution in [0.1, 0.15) is 19.8 Å². The highest BCUT2D eigenvalue weighted by Gasteiger charge is 2.39. The highest BCUT2D eigenvalue weighted by Crippen LogP contribution is 2.26. The van der Waals surface area contributed by atoms with E-state index in [9.17, 15) is 13.5 Å². The zero-order valence-corrected chi connectivity index (χ0v) is 13.4. The maximum atomic E-state index is 12.0. The Kier molecular flexibility index (Phi) is 4.85. The van der Waals surface area contributed by atoms with Crippen molar-refractivity contribution in [2.24, 2.45) is 0 Å². The van der Waals surface area contributed by atoms with Crippen LogP contribution in [0.25, 0.3) is 0 Å². The predicted octanol–water partition coefficient (Wildman–Crippen LogP) is 0.694. The highest BCUT2D eigenvalue weighted by atomic mass is 32.2. The van der Waals surface area contributed by atoms with Crippen molar-refractivity contribution in [2.75, 3.05) is 37.3 Å². The second-order valence-electron chi connectivity index (χ2n) is 5.66. The molecule has 2 heterocycles. The minimum Gasteiger partial charge on any atom is -0.387 e. The molecule has 1 aliphatic rings. The smallest absolute Gasteiger partial charge is 0.213 e. The third-order valence-electron chi connectivity index (χ3n) is 3.76. The first-order valence-electron chi connectivity index (χ1n) is 7.19. The van der Waals surface area contributed by atoms with Crippen LogP contribution in [0.15, 0.2) is 24.4 Å². The molecular formula is C14H23N3O3S. The van der Waals surface area contributed by atoms with E-state index < -0.39 is 15.6 Å². The molecule has 0 spiro atoms. The summed E-state index contributed by atoms with van der Waals surface area (Å²) in [7, 11) is -1.74. The molecule has 1 N–H and O–H groups in total. The predicted molar refractivity (Wildman–Crippen MR) is 82.7 cm³/mol. The van der Waals surface area contributed by atoms with Crippen molar-refractivity contribution in [3.8, 4) is 0 Å². The van der Waals surface area contributed by atoms with E-state index in [0.717, 1.165) is 5.82 Å². The Labute approximate surface area is 126 Å². The number of nitrogens with zero attached hydrogens (tertiary/aromatic N) is 3. The second-order valence-corrected chi connectivity index (χ2v) is 7.85. The SMILES string of the molecule is CCCS(=O)(=O)N(C)CC1(O)CCN(c2ccccn2)C1. The van der Waals surface area contributed by atoms with Crippen LogP contribution in [0.5, 0.6) is 0 Å². The van der Waals surface area contributed by atoms with Gasteiger partial charge in [-0.05, 0) is 25.0 Å². The molecule has 0 aromatic carbocycles. The molecule has 0 radical (unpaired) electrons. The Morgan fingerprint density at radius 1 is 1.48 bits per heavy atom. The van der Waals surface area contributed by atoms with Gasteiger partial charge < -0.3 is 10.0 Å². The van der Waals surface area contributed by atoms with Gasteiger partial charge >= 0.3 is 0 Å². The fourth-order valence-electron chi connectivity index (χ4n) is 2.65. The van der Waals surface area contributed by atoms with Crippen molar-refractivity contribution in [1.29, 1.82) is 0 Å². The van der Waals surface area contributed by atoms with Gasteiger partial charge in [-0.25, -0.2) is 17.7 Å². The molecule has 1 aliphatic heterocycles. The summed E-state index contributed by atoms with van der Waals surface area (Å²) in [6.45, 7) is 3.03. The van der Waals surface area contributed by atoms with Crippen LogP contribution in [-0.4, -0.2) is 60.8 Å². The third kappa shape index (κ3) is 3.93. The van der Waals surface area contributed by atoms with Gasteiger partial charge in [-0.2, -0.15) is 0 Å². The van der Waals surface area contributed by atoms with Gasteiger partial charge in [0, 0.05) is 32.9 Å². The Morgan fingerprint density at radius 3 is 2.86 bits per heavy atom. The fraction of sp³-hybridized carbons (Fsp3) is 0.643. The minimum atomic E-state index is -3.28. The molecule has 0 saturated carbocycles. The molecule has 0 bridgehead atoms. The van der Waals surface area contributed by atoms with Gasteiger partial charge in [0.2, 0.25) is 10.0 Å². The molecular weight excluding hydrogens is 290 g/mol. The van der Waals surface area contributed by atoms with E-state index in [-0.39, 0.29) is 12.3 Å². The number of sulfonamides is 1. The number of rotatable bonds is 6. The molecule has 1 atom stereocenters. The van der Waals surface area contributed by atoms with Gasteiger partial charge in [-0.15, -0.1) is 0 Å². The first-order chi connectivity index (χ1) is 9.86. The van der Waals surface area contributed by atoms with Crippen LogP contribution in [0.2, 0.25) is 0 Å². The molecule has 1 aromatic rings. The van der Waals surface area contributed by atoms with Crippen molar-refractivity contribution in [3.63, 3.8) is 0 Å². The number of hydrogen-bond donors (Lipinski definition) is 1. The van der Waals surface area contributed by atoms with Crippen LogP contribution in [0, 0.1) is 0 Å². The van der Waals surface area contributed by atoms with Gasteiger partial charge in [-0.1, -0.05) is 13.0 Å². The third-order valence-corrected chi connectivity index (χ3v) is 5.76. The van der Waals surface area contributed by atoms with E-state index in [4.69, 9.17) is 0 Å². The summed E-state index contributed by atoms with van der Waals surface area (Å²) in [6, 6.07) is 5.64. The maximum absolute atomic E-state index is 12.0. The molecule has 0 amide bonds. The largest absolute Gasteiger partial charge is 0.387 e. The number of aromatic nitrogens is 1. The van der Waals surface area contributed by atoms with Crippen molar-refractivity contribution in [1.82, 2.24) is 9.29 Å². The fourth-order valence-corrected chi connectivity index (χ4v) is 3.91. The van der Waals surface area contributed by atoms with E-state index in [0.29, 0.717) is 25.9 Å². The summed E-state index contributed by atoms with van der Waals surface area (Å²) in [5.41, 5.74) is -1.02. The van der Waals surface area contributed by atoms with E-state index in [1.807, 2.05) is 30.0 Å². The van der Waals surface area contributed by atoms with Crippen molar-refractivity contribution >= 4 is 15.8 Å². The summed E-state index contributed by atoms with van der Waals surface area (Å²) in [6.07, 6.45) is 2.82. The summed E-state index contributed by atoms with van der Waals surface area (Å²) in [5, 5.41) is 10.6. The first-order valence-corrected chi connectivity index (χ1v) is 8.80. The molecule has 0 aliphatic carbocycles. The lowest BCUT2D eigenvalue weighted by Gasteiger charge is -2.28. The molecule has 7 heteroatoms. The molecule has 1 aromatic heterocycles. The zero-order chi connectivity index (χ0) is 15.5. The zero-order valence-electron chi connectivity index (χ0n) is 12.6. The van der Waals surface area contributed by atoms with Gasteiger partial charge in [0.15, 0.2) is 0 Å². The lowest BCUT2D eigenvalue weighted by molar-refractivity contribution is 0.0479. The van der Waals surface area contributed by atoms with Gasteiger partial charge in [0.25, 0.3) is 0 Å². The Hall–Kier alpha value is -1.18. The number of anilines is 1. The Bertz CT molecular complexity index is 564. The number of pyridine rings is 1. The van der Waals surface area contributed by atoms with E-state index in [1.165, 1.54) is 11.4 Å². The topological polar surface area (TPSA) is 73.7 Å². The Balaban J connectivity index is 2.02. The molecule has 1 fully saturated rings. The lowest BCUT2D eigenvalue weighted by atomic mass is 10.0. The van der Waals surface area contributed by atoms with Gasteiger partial charge in [0.1, 0.15) is 5.82 Å². The lowest BCUT2D eigenvalue weighted by Crippen LogP contribution is -2.46. The summed E-state index contributed by atoms with van der Waals surface area (Å²) in [4.78, 5) is 6.25. The number of aliphatic hydroxyl groups is 1. The van der Waals surface area contributed by atoms with Gasteiger partial charge in [0.05, 0.1) is 11.4 Å². The Morgan fingerprint density at radius 2 is 2.24 bits per heavy atom. The summed E-state index contributed by atoms with van der Waals surface area (Å²) >= 11 is 0. The first kappa shape index (κ1) is 16.2. The standard InChI is InChI=1S/C14H23N3O3S/c1-3-10-21(19,20)16(2)11-14(18)7-9-17(12-14)13-6-4-5-8-15-13/h4-6,8,18H,3,7,9-12H2,1-2H3. The molecule has 6 nitrogen and oxygen atoms in total. The van der Waals surface area contributed by atoms with Crippen LogP contribution in [-0.2, 0) is 10.0 Å². The molecule has 1 saturated heterocycles. The maximum Gasteiger partial charge on any atom is 0.213 e. The average molecular weight is 313 g/mol. The van der Waals surface area contributed by atoms with Crippen LogP contribution < -0.4 is 4.90 Å². The van der Waals surface area contributed by atoms with Crippen molar-refractivity contribution < 1.29 is 13.5 Å². The normalized spacial score (nSPS) is 23.0. The monoisotopic (exact) mass is 313 g/mol. The van der Waals surface area contributed by atoms with Crippen molar-refractivity contribution in [2.45, 2.75) is 25.4 Å². The molecule has 1 unspecified atom stereocenters. The summed E-state index contributed by atoms with van der Waals surface area (Å²) in [5.74, 6) is 0.927. The number of likely N-dealkylation sites (N-methyl/N-ethyl adjacent to an activating group) is 1.